The van der Waals surface area contributed by atoms with Gasteiger partial charge in [-0.25, -0.2) is 0 Å². The Balaban J connectivity index is 1.64. The Morgan fingerprint density at radius 2 is 2.05 bits per heavy atom. The minimum absolute atomic E-state index is 0.137. The quantitative estimate of drug-likeness (QED) is 0.805. The fraction of sp³-hybridized carbons (Fsp3) is 0.933. The molecule has 0 spiro atoms. The van der Waals surface area contributed by atoms with Gasteiger partial charge in [0.05, 0.1) is 0 Å². The third kappa shape index (κ3) is 4.46. The molecule has 110 valence electrons. The number of nitrogens with zero attached hydrogens (tertiary/aromatic N) is 1. The van der Waals surface area contributed by atoms with Gasteiger partial charge >= 0.3 is 0 Å². The number of nitrogens with one attached hydrogen (secondary N) is 2. The fourth-order valence-electron chi connectivity index (χ4n) is 3.10. The molecule has 4 heteroatoms. The molecule has 0 aromatic heterocycles. The van der Waals surface area contributed by atoms with Crippen molar-refractivity contribution in [3.05, 3.63) is 0 Å². The van der Waals surface area contributed by atoms with Crippen LogP contribution in [0.2, 0.25) is 0 Å². The third-order valence-electron chi connectivity index (χ3n) is 4.39. The van der Waals surface area contributed by atoms with Crippen molar-refractivity contribution in [1.82, 2.24) is 15.5 Å². The Morgan fingerprint density at radius 1 is 1.32 bits per heavy atom. The Labute approximate surface area is 117 Å². The average Bonchev–Trinajstić information content (AvgIpc) is 2.46. The molecule has 1 amide bonds. The highest BCUT2D eigenvalue weighted by molar-refractivity contribution is 5.78. The summed E-state index contributed by atoms with van der Waals surface area (Å²) >= 11 is 0. The van der Waals surface area contributed by atoms with Crippen molar-refractivity contribution >= 4 is 5.91 Å². The standard InChI is InChI=1S/C15H29N3O/c1-12(2)15(19)18-8-5-14(6-9-18)17-11-13-4-3-7-16-10-13/h12-14,16-17H,3-11H2,1-2H3. The van der Waals surface area contributed by atoms with E-state index in [4.69, 9.17) is 0 Å². The first-order valence-corrected chi connectivity index (χ1v) is 7.89. The number of likely N-dealkylation sites (tertiary alicyclic amines) is 1. The molecule has 0 aliphatic carbocycles. The van der Waals surface area contributed by atoms with E-state index >= 15 is 0 Å². The first kappa shape index (κ1) is 14.8. The summed E-state index contributed by atoms with van der Waals surface area (Å²) in [5.41, 5.74) is 0. The average molecular weight is 267 g/mol. The van der Waals surface area contributed by atoms with E-state index in [1.807, 2.05) is 18.7 Å². The van der Waals surface area contributed by atoms with Crippen LogP contribution in [0.15, 0.2) is 0 Å². The van der Waals surface area contributed by atoms with Gasteiger partial charge in [-0.3, -0.25) is 4.79 Å². The van der Waals surface area contributed by atoms with Crippen molar-refractivity contribution in [3.8, 4) is 0 Å². The van der Waals surface area contributed by atoms with Gasteiger partial charge in [-0.1, -0.05) is 13.8 Å². The van der Waals surface area contributed by atoms with Crippen molar-refractivity contribution in [2.75, 3.05) is 32.7 Å². The van der Waals surface area contributed by atoms with E-state index in [2.05, 4.69) is 10.6 Å². The molecule has 0 saturated carbocycles. The Kier molecular flexibility index (Phi) is 5.64. The number of carbonyl (C=O) groups is 1. The molecule has 4 nitrogen and oxygen atoms in total. The minimum Gasteiger partial charge on any atom is -0.342 e. The molecule has 2 aliphatic heterocycles. The zero-order chi connectivity index (χ0) is 13.7. The molecular formula is C15H29N3O. The fourth-order valence-corrected chi connectivity index (χ4v) is 3.10. The van der Waals surface area contributed by atoms with Crippen LogP contribution >= 0.6 is 0 Å². The highest BCUT2D eigenvalue weighted by atomic mass is 16.2. The summed E-state index contributed by atoms with van der Waals surface area (Å²) in [4.78, 5) is 13.9. The molecule has 2 aliphatic rings. The molecule has 2 rings (SSSR count). The normalized spacial score (nSPS) is 25.8. The Bertz CT molecular complexity index is 279. The zero-order valence-corrected chi connectivity index (χ0v) is 12.5. The summed E-state index contributed by atoms with van der Waals surface area (Å²) in [6.45, 7) is 9.32. The molecule has 2 saturated heterocycles. The van der Waals surface area contributed by atoms with Crippen LogP contribution in [0.5, 0.6) is 0 Å². The van der Waals surface area contributed by atoms with Crippen LogP contribution in [0.25, 0.3) is 0 Å². The number of hydrogen-bond donors (Lipinski definition) is 2. The van der Waals surface area contributed by atoms with Crippen molar-refractivity contribution in [1.29, 1.82) is 0 Å². The molecule has 2 N–H and O–H groups in total. The molecule has 1 unspecified atom stereocenters. The maximum Gasteiger partial charge on any atom is 0.225 e. The van der Waals surface area contributed by atoms with Gasteiger partial charge in [0.1, 0.15) is 0 Å². The van der Waals surface area contributed by atoms with E-state index in [1.54, 1.807) is 0 Å². The molecule has 19 heavy (non-hydrogen) atoms. The smallest absolute Gasteiger partial charge is 0.225 e. The van der Waals surface area contributed by atoms with Gasteiger partial charge in [0.2, 0.25) is 5.91 Å². The second-order valence-electron chi connectivity index (χ2n) is 6.37. The van der Waals surface area contributed by atoms with Crippen LogP contribution in [0, 0.1) is 11.8 Å². The number of piperidine rings is 2. The third-order valence-corrected chi connectivity index (χ3v) is 4.39. The number of rotatable bonds is 4. The Morgan fingerprint density at radius 3 is 2.63 bits per heavy atom. The second-order valence-corrected chi connectivity index (χ2v) is 6.37. The first-order chi connectivity index (χ1) is 9.16. The molecule has 1 atom stereocenters. The van der Waals surface area contributed by atoms with Crippen molar-refractivity contribution < 1.29 is 4.79 Å². The highest BCUT2D eigenvalue weighted by Crippen LogP contribution is 2.15. The summed E-state index contributed by atoms with van der Waals surface area (Å²) in [6, 6.07) is 0.609. The molecule has 2 fully saturated rings. The molecule has 0 bridgehead atoms. The van der Waals surface area contributed by atoms with Crippen molar-refractivity contribution in [2.24, 2.45) is 11.8 Å². The van der Waals surface area contributed by atoms with Gasteiger partial charge in [-0.15, -0.1) is 0 Å². The van der Waals surface area contributed by atoms with E-state index in [0.717, 1.165) is 44.9 Å². The summed E-state index contributed by atoms with van der Waals surface area (Å²) < 4.78 is 0. The lowest BCUT2D eigenvalue weighted by Crippen LogP contribution is -2.47. The van der Waals surface area contributed by atoms with Gasteiger partial charge in [0.25, 0.3) is 0 Å². The van der Waals surface area contributed by atoms with Crippen LogP contribution in [0.3, 0.4) is 0 Å². The number of hydrogen-bond acceptors (Lipinski definition) is 3. The van der Waals surface area contributed by atoms with Crippen molar-refractivity contribution in [2.45, 2.75) is 45.6 Å². The maximum atomic E-state index is 11.9. The second kappa shape index (κ2) is 7.25. The van der Waals surface area contributed by atoms with Crippen LogP contribution < -0.4 is 10.6 Å². The van der Waals surface area contributed by atoms with E-state index in [-0.39, 0.29) is 5.92 Å². The van der Waals surface area contributed by atoms with Gasteiger partial charge in [0, 0.05) is 25.0 Å². The van der Waals surface area contributed by atoms with Crippen molar-refractivity contribution in [3.63, 3.8) is 0 Å². The van der Waals surface area contributed by atoms with Crippen LogP contribution in [-0.2, 0) is 4.79 Å². The number of amides is 1. The van der Waals surface area contributed by atoms with E-state index in [0.29, 0.717) is 11.9 Å². The van der Waals surface area contributed by atoms with E-state index < -0.39 is 0 Å². The Hall–Kier alpha value is -0.610. The summed E-state index contributed by atoms with van der Waals surface area (Å²) in [5, 5.41) is 7.17. The maximum absolute atomic E-state index is 11.9. The predicted molar refractivity (Wildman–Crippen MR) is 78.0 cm³/mol. The van der Waals surface area contributed by atoms with Crippen LogP contribution in [0.4, 0.5) is 0 Å². The topological polar surface area (TPSA) is 44.4 Å². The summed E-state index contributed by atoms with van der Waals surface area (Å²) in [6.07, 6.45) is 4.88. The number of carbonyl (C=O) groups excluding carboxylic acids is 1. The van der Waals surface area contributed by atoms with Gasteiger partial charge in [0.15, 0.2) is 0 Å². The summed E-state index contributed by atoms with van der Waals surface area (Å²) in [5.74, 6) is 1.25. The monoisotopic (exact) mass is 267 g/mol. The molecular weight excluding hydrogens is 238 g/mol. The first-order valence-electron chi connectivity index (χ1n) is 7.89. The molecule has 0 radical (unpaired) electrons. The lowest BCUT2D eigenvalue weighted by Gasteiger charge is -2.34. The highest BCUT2D eigenvalue weighted by Gasteiger charge is 2.24. The zero-order valence-electron chi connectivity index (χ0n) is 12.5. The van der Waals surface area contributed by atoms with Gasteiger partial charge in [-0.2, -0.15) is 0 Å². The molecule has 0 aromatic rings. The van der Waals surface area contributed by atoms with Crippen LogP contribution in [-0.4, -0.2) is 49.6 Å². The predicted octanol–water partition coefficient (Wildman–Crippen LogP) is 1.22. The SMILES string of the molecule is CC(C)C(=O)N1CCC(NCC2CCCNC2)CC1. The lowest BCUT2D eigenvalue weighted by molar-refractivity contribution is -0.135. The minimum atomic E-state index is 0.137. The largest absolute Gasteiger partial charge is 0.342 e. The van der Waals surface area contributed by atoms with E-state index in [9.17, 15) is 4.79 Å². The molecule has 2 heterocycles. The molecule has 0 aromatic carbocycles. The lowest BCUT2D eigenvalue weighted by atomic mass is 9.98. The summed E-state index contributed by atoms with van der Waals surface area (Å²) in [7, 11) is 0. The van der Waals surface area contributed by atoms with Gasteiger partial charge in [-0.05, 0) is 51.2 Å². The van der Waals surface area contributed by atoms with E-state index in [1.165, 1.54) is 19.4 Å². The van der Waals surface area contributed by atoms with Gasteiger partial charge < -0.3 is 15.5 Å². The van der Waals surface area contributed by atoms with Crippen LogP contribution in [0.1, 0.15) is 39.5 Å².